The van der Waals surface area contributed by atoms with Crippen molar-refractivity contribution in [1.82, 2.24) is 10.2 Å². The summed E-state index contributed by atoms with van der Waals surface area (Å²) in [6, 6.07) is 9.02. The molecule has 19 heavy (non-hydrogen) atoms. The molecule has 4 nitrogen and oxygen atoms in total. The minimum absolute atomic E-state index is 0.469. The number of amides is 1. The molecule has 1 unspecified atom stereocenters. The second-order valence-corrected chi connectivity index (χ2v) is 5.14. The van der Waals surface area contributed by atoms with E-state index in [0.29, 0.717) is 12.6 Å². The lowest BCUT2D eigenvalue weighted by Crippen LogP contribution is -2.24. The zero-order valence-corrected chi connectivity index (χ0v) is 11.4. The molecule has 0 saturated carbocycles. The smallest absolute Gasteiger partial charge is 0.404 e. The fourth-order valence-corrected chi connectivity index (χ4v) is 2.62. The van der Waals surface area contributed by atoms with Crippen LogP contribution in [0.2, 0.25) is 0 Å². The van der Waals surface area contributed by atoms with Crippen molar-refractivity contribution in [2.45, 2.75) is 32.2 Å². The Morgan fingerprint density at radius 1 is 1.32 bits per heavy atom. The molecule has 1 fully saturated rings. The van der Waals surface area contributed by atoms with E-state index in [2.05, 4.69) is 41.4 Å². The van der Waals surface area contributed by atoms with Crippen molar-refractivity contribution in [2.75, 3.05) is 19.6 Å². The maximum absolute atomic E-state index is 10.4. The number of carboxylic acid groups (broad SMARTS) is 1. The van der Waals surface area contributed by atoms with Gasteiger partial charge < -0.3 is 10.4 Å². The molecule has 1 aromatic carbocycles. The fraction of sp³-hybridized carbons (Fsp3) is 0.533. The molecule has 1 aliphatic rings. The lowest BCUT2D eigenvalue weighted by Gasteiger charge is -2.24. The first kappa shape index (κ1) is 13.9. The predicted molar refractivity (Wildman–Crippen MR) is 75.4 cm³/mol. The Morgan fingerprint density at radius 3 is 2.53 bits per heavy atom. The van der Waals surface area contributed by atoms with Gasteiger partial charge in [-0.15, -0.1) is 0 Å². The molecule has 0 bridgehead atoms. The van der Waals surface area contributed by atoms with E-state index in [-0.39, 0.29) is 0 Å². The van der Waals surface area contributed by atoms with Gasteiger partial charge in [-0.25, -0.2) is 4.79 Å². The predicted octanol–water partition coefficient (Wildman–Crippen LogP) is 2.65. The standard InChI is InChI=1S/C15H22N2O2/c1-12(17-10-2-3-11-17)14-6-4-13(5-7-14)8-9-16-15(18)19/h4-7,12,16H,2-3,8-11H2,1H3,(H,18,19). The molecule has 2 rings (SSSR count). The van der Waals surface area contributed by atoms with Gasteiger partial charge in [-0.1, -0.05) is 24.3 Å². The first-order chi connectivity index (χ1) is 9.16. The molecule has 0 spiro atoms. The molecule has 0 aliphatic carbocycles. The van der Waals surface area contributed by atoms with Crippen molar-refractivity contribution in [3.63, 3.8) is 0 Å². The summed E-state index contributed by atoms with van der Waals surface area (Å²) in [5.41, 5.74) is 2.52. The Morgan fingerprint density at radius 2 is 1.95 bits per heavy atom. The van der Waals surface area contributed by atoms with Gasteiger partial charge in [0.1, 0.15) is 0 Å². The van der Waals surface area contributed by atoms with Crippen LogP contribution >= 0.6 is 0 Å². The lowest BCUT2D eigenvalue weighted by atomic mass is 10.0. The van der Waals surface area contributed by atoms with Gasteiger partial charge in [-0.05, 0) is 50.4 Å². The molecule has 0 aromatic heterocycles. The Labute approximate surface area is 114 Å². The van der Waals surface area contributed by atoms with Gasteiger partial charge in [0.15, 0.2) is 0 Å². The molecule has 1 heterocycles. The van der Waals surface area contributed by atoms with Crippen molar-refractivity contribution in [3.05, 3.63) is 35.4 Å². The quantitative estimate of drug-likeness (QED) is 0.857. The summed E-state index contributed by atoms with van der Waals surface area (Å²) < 4.78 is 0. The van der Waals surface area contributed by atoms with Crippen LogP contribution in [0.5, 0.6) is 0 Å². The maximum atomic E-state index is 10.4. The number of rotatable bonds is 5. The van der Waals surface area contributed by atoms with Gasteiger partial charge >= 0.3 is 6.09 Å². The lowest BCUT2D eigenvalue weighted by molar-refractivity contribution is 0.194. The van der Waals surface area contributed by atoms with E-state index < -0.39 is 6.09 Å². The van der Waals surface area contributed by atoms with Crippen LogP contribution in [0, 0.1) is 0 Å². The Balaban J connectivity index is 1.88. The van der Waals surface area contributed by atoms with E-state index in [9.17, 15) is 4.79 Å². The number of nitrogens with one attached hydrogen (secondary N) is 1. The third kappa shape index (κ3) is 3.96. The zero-order valence-electron chi connectivity index (χ0n) is 11.4. The normalized spacial score (nSPS) is 17.3. The third-order valence-electron chi connectivity index (χ3n) is 3.84. The van der Waals surface area contributed by atoms with Crippen molar-refractivity contribution in [2.24, 2.45) is 0 Å². The Hall–Kier alpha value is -1.55. The number of hydrogen-bond acceptors (Lipinski definition) is 2. The van der Waals surface area contributed by atoms with Crippen molar-refractivity contribution >= 4 is 6.09 Å². The summed E-state index contributed by atoms with van der Waals surface area (Å²) >= 11 is 0. The molecule has 1 amide bonds. The molecular weight excluding hydrogens is 240 g/mol. The van der Waals surface area contributed by atoms with Crippen LogP contribution in [-0.2, 0) is 6.42 Å². The molecule has 1 atom stereocenters. The van der Waals surface area contributed by atoms with E-state index in [0.717, 1.165) is 6.42 Å². The SMILES string of the molecule is CC(c1ccc(CCNC(=O)O)cc1)N1CCCC1. The van der Waals surface area contributed by atoms with Crippen molar-refractivity contribution < 1.29 is 9.90 Å². The Kier molecular flexibility index (Phi) is 4.80. The molecule has 2 N–H and O–H groups in total. The number of nitrogens with zero attached hydrogens (tertiary/aromatic N) is 1. The Bertz CT molecular complexity index is 411. The van der Waals surface area contributed by atoms with Gasteiger partial charge in [0.2, 0.25) is 0 Å². The van der Waals surface area contributed by atoms with Crippen molar-refractivity contribution in [3.8, 4) is 0 Å². The van der Waals surface area contributed by atoms with Crippen LogP contribution in [0.4, 0.5) is 4.79 Å². The van der Waals surface area contributed by atoms with Crippen LogP contribution in [0.1, 0.15) is 36.9 Å². The first-order valence-electron chi connectivity index (χ1n) is 6.96. The van der Waals surface area contributed by atoms with E-state index >= 15 is 0 Å². The summed E-state index contributed by atoms with van der Waals surface area (Å²) in [6.45, 7) is 5.12. The minimum atomic E-state index is -0.959. The van der Waals surface area contributed by atoms with Gasteiger partial charge in [0.05, 0.1) is 0 Å². The average molecular weight is 262 g/mol. The van der Waals surface area contributed by atoms with E-state index in [4.69, 9.17) is 5.11 Å². The summed E-state index contributed by atoms with van der Waals surface area (Å²) in [4.78, 5) is 12.9. The molecule has 0 radical (unpaired) electrons. The minimum Gasteiger partial charge on any atom is -0.465 e. The number of hydrogen-bond donors (Lipinski definition) is 2. The molecule has 104 valence electrons. The topological polar surface area (TPSA) is 52.6 Å². The second kappa shape index (κ2) is 6.57. The van der Waals surface area contributed by atoms with Crippen LogP contribution in [0.15, 0.2) is 24.3 Å². The maximum Gasteiger partial charge on any atom is 0.404 e. The van der Waals surface area contributed by atoms with Crippen LogP contribution in [-0.4, -0.2) is 35.7 Å². The van der Waals surface area contributed by atoms with E-state index in [1.165, 1.54) is 37.1 Å². The zero-order chi connectivity index (χ0) is 13.7. The van der Waals surface area contributed by atoms with Crippen LogP contribution in [0.25, 0.3) is 0 Å². The van der Waals surface area contributed by atoms with Gasteiger partial charge in [0, 0.05) is 12.6 Å². The van der Waals surface area contributed by atoms with Crippen LogP contribution < -0.4 is 5.32 Å². The first-order valence-corrected chi connectivity index (χ1v) is 6.96. The highest BCUT2D eigenvalue weighted by molar-refractivity contribution is 5.64. The highest BCUT2D eigenvalue weighted by Gasteiger charge is 2.18. The number of carbonyl (C=O) groups is 1. The fourth-order valence-electron chi connectivity index (χ4n) is 2.62. The molecular formula is C15H22N2O2. The van der Waals surface area contributed by atoms with Crippen molar-refractivity contribution in [1.29, 1.82) is 0 Å². The molecule has 1 aromatic rings. The average Bonchev–Trinajstić information content (AvgIpc) is 2.92. The number of likely N-dealkylation sites (tertiary alicyclic amines) is 1. The second-order valence-electron chi connectivity index (χ2n) is 5.14. The molecule has 4 heteroatoms. The monoisotopic (exact) mass is 262 g/mol. The summed E-state index contributed by atoms with van der Waals surface area (Å²) in [5.74, 6) is 0. The molecule has 1 aliphatic heterocycles. The summed E-state index contributed by atoms with van der Waals surface area (Å²) in [7, 11) is 0. The van der Waals surface area contributed by atoms with Gasteiger partial charge in [-0.2, -0.15) is 0 Å². The number of benzene rings is 1. The van der Waals surface area contributed by atoms with E-state index in [1.807, 2.05) is 0 Å². The van der Waals surface area contributed by atoms with Gasteiger partial charge in [0.25, 0.3) is 0 Å². The summed E-state index contributed by atoms with van der Waals surface area (Å²) in [6.07, 6.45) is 2.40. The summed E-state index contributed by atoms with van der Waals surface area (Å²) in [5, 5.41) is 10.9. The van der Waals surface area contributed by atoms with Gasteiger partial charge in [-0.3, -0.25) is 4.90 Å². The highest BCUT2D eigenvalue weighted by atomic mass is 16.4. The van der Waals surface area contributed by atoms with E-state index in [1.54, 1.807) is 0 Å². The highest BCUT2D eigenvalue weighted by Crippen LogP contribution is 2.24. The third-order valence-corrected chi connectivity index (χ3v) is 3.84. The molecule has 1 saturated heterocycles. The van der Waals surface area contributed by atoms with Crippen LogP contribution in [0.3, 0.4) is 0 Å². The largest absolute Gasteiger partial charge is 0.465 e.